The standard InChI is InChI=1S/C22H24N2O2/c1-14-8-9-17-15(12-14)10-11-24(22(17,2)3)21(25)19-13-16-18(23-19)6-5-7-20(16)26-4/h5-9,12-13,23H,10-11H2,1-4H3. The molecule has 1 aliphatic rings. The number of fused-ring (bicyclic) bond motifs is 2. The van der Waals surface area contributed by atoms with E-state index in [1.807, 2.05) is 29.2 Å². The molecule has 3 aromatic rings. The van der Waals surface area contributed by atoms with Crippen LogP contribution >= 0.6 is 0 Å². The highest BCUT2D eigenvalue weighted by atomic mass is 16.5. The Morgan fingerprint density at radius 2 is 2.00 bits per heavy atom. The van der Waals surface area contributed by atoms with Crippen molar-refractivity contribution in [2.45, 2.75) is 32.7 Å². The maximum absolute atomic E-state index is 13.3. The minimum atomic E-state index is -0.347. The number of carbonyl (C=O) groups is 1. The monoisotopic (exact) mass is 348 g/mol. The number of ether oxygens (including phenoxy) is 1. The zero-order chi connectivity index (χ0) is 18.5. The van der Waals surface area contributed by atoms with Crippen LogP contribution in [0.4, 0.5) is 0 Å². The number of hydrogen-bond donors (Lipinski definition) is 1. The maximum atomic E-state index is 13.3. The first kappa shape index (κ1) is 16.7. The first-order chi connectivity index (χ1) is 12.4. The number of aromatic amines is 1. The number of methoxy groups -OCH3 is 1. The van der Waals surface area contributed by atoms with E-state index in [2.05, 4.69) is 44.0 Å². The summed E-state index contributed by atoms with van der Waals surface area (Å²) in [6.07, 6.45) is 0.885. The van der Waals surface area contributed by atoms with Gasteiger partial charge in [0, 0.05) is 17.4 Å². The molecule has 4 heteroatoms. The molecular formula is C22H24N2O2. The SMILES string of the molecule is COc1cccc2[nH]c(C(=O)N3CCc4cc(C)ccc4C3(C)C)cc12. The van der Waals surface area contributed by atoms with Gasteiger partial charge in [0.15, 0.2) is 0 Å². The molecule has 4 nitrogen and oxygen atoms in total. The Morgan fingerprint density at radius 1 is 1.19 bits per heavy atom. The number of H-pyrrole nitrogens is 1. The Morgan fingerprint density at radius 3 is 2.77 bits per heavy atom. The molecule has 1 N–H and O–H groups in total. The summed E-state index contributed by atoms with van der Waals surface area (Å²) in [5.74, 6) is 0.802. The molecule has 2 heterocycles. The Balaban J connectivity index is 1.74. The van der Waals surface area contributed by atoms with Crippen molar-refractivity contribution in [1.29, 1.82) is 0 Å². The van der Waals surface area contributed by atoms with Gasteiger partial charge in [0.25, 0.3) is 5.91 Å². The van der Waals surface area contributed by atoms with Gasteiger partial charge in [-0.25, -0.2) is 0 Å². The number of nitrogens with zero attached hydrogens (tertiary/aromatic N) is 1. The molecule has 0 bridgehead atoms. The summed E-state index contributed by atoms with van der Waals surface area (Å²) >= 11 is 0. The summed E-state index contributed by atoms with van der Waals surface area (Å²) in [5, 5.41) is 0.934. The van der Waals surface area contributed by atoms with E-state index in [0.717, 1.165) is 29.6 Å². The second-order valence-electron chi connectivity index (χ2n) is 7.53. The molecule has 0 fully saturated rings. The molecule has 0 saturated carbocycles. The zero-order valence-corrected chi connectivity index (χ0v) is 15.7. The Hall–Kier alpha value is -2.75. The van der Waals surface area contributed by atoms with E-state index < -0.39 is 0 Å². The minimum absolute atomic E-state index is 0.0273. The van der Waals surface area contributed by atoms with E-state index in [1.54, 1.807) is 7.11 Å². The van der Waals surface area contributed by atoms with Crippen LogP contribution < -0.4 is 4.74 Å². The Labute approximate surface area is 153 Å². The molecule has 2 aromatic carbocycles. The molecule has 1 aromatic heterocycles. The third-order valence-electron chi connectivity index (χ3n) is 5.52. The van der Waals surface area contributed by atoms with Crippen molar-refractivity contribution in [2.24, 2.45) is 0 Å². The molecule has 0 aliphatic carbocycles. The van der Waals surface area contributed by atoms with E-state index >= 15 is 0 Å². The molecule has 4 rings (SSSR count). The second-order valence-corrected chi connectivity index (χ2v) is 7.53. The molecule has 26 heavy (non-hydrogen) atoms. The number of amides is 1. The van der Waals surface area contributed by atoms with Gasteiger partial charge >= 0.3 is 0 Å². The second kappa shape index (κ2) is 5.90. The summed E-state index contributed by atoms with van der Waals surface area (Å²) in [7, 11) is 1.65. The molecule has 134 valence electrons. The predicted molar refractivity (Wildman–Crippen MR) is 104 cm³/mol. The summed E-state index contributed by atoms with van der Waals surface area (Å²) < 4.78 is 5.42. The zero-order valence-electron chi connectivity index (χ0n) is 15.7. The fraction of sp³-hybridized carbons (Fsp3) is 0.318. The third kappa shape index (κ3) is 2.48. The molecule has 1 aliphatic heterocycles. The highest BCUT2D eigenvalue weighted by molar-refractivity contribution is 6.00. The quantitative estimate of drug-likeness (QED) is 0.745. The van der Waals surface area contributed by atoms with Gasteiger partial charge in [-0.1, -0.05) is 29.8 Å². The van der Waals surface area contributed by atoms with E-state index in [4.69, 9.17) is 4.74 Å². The van der Waals surface area contributed by atoms with Crippen LogP contribution in [0.15, 0.2) is 42.5 Å². The van der Waals surface area contributed by atoms with Gasteiger partial charge in [-0.3, -0.25) is 4.79 Å². The van der Waals surface area contributed by atoms with Gasteiger partial charge in [0.2, 0.25) is 0 Å². The highest BCUT2D eigenvalue weighted by Crippen LogP contribution is 2.37. The van der Waals surface area contributed by atoms with E-state index in [-0.39, 0.29) is 11.4 Å². The van der Waals surface area contributed by atoms with Crippen molar-refractivity contribution in [3.05, 3.63) is 64.8 Å². The summed E-state index contributed by atoms with van der Waals surface area (Å²) in [4.78, 5) is 18.6. The van der Waals surface area contributed by atoms with Crippen LogP contribution in [0.1, 0.15) is 41.0 Å². The lowest BCUT2D eigenvalue weighted by Gasteiger charge is -2.44. The van der Waals surface area contributed by atoms with Gasteiger partial charge < -0.3 is 14.6 Å². The number of nitrogens with one attached hydrogen (secondary N) is 1. The smallest absolute Gasteiger partial charge is 0.271 e. The number of rotatable bonds is 2. The van der Waals surface area contributed by atoms with Crippen LogP contribution in [-0.2, 0) is 12.0 Å². The van der Waals surface area contributed by atoms with E-state index in [0.29, 0.717) is 5.69 Å². The largest absolute Gasteiger partial charge is 0.496 e. The molecule has 0 radical (unpaired) electrons. The van der Waals surface area contributed by atoms with Gasteiger partial charge in [-0.05, 0) is 56.5 Å². The maximum Gasteiger partial charge on any atom is 0.271 e. The van der Waals surface area contributed by atoms with E-state index in [1.165, 1.54) is 16.7 Å². The first-order valence-electron chi connectivity index (χ1n) is 8.99. The molecule has 0 saturated heterocycles. The summed E-state index contributed by atoms with van der Waals surface area (Å²) in [5.41, 5.74) is 5.02. The van der Waals surface area contributed by atoms with Crippen LogP contribution in [-0.4, -0.2) is 29.4 Å². The van der Waals surface area contributed by atoms with Crippen molar-refractivity contribution >= 4 is 16.8 Å². The van der Waals surface area contributed by atoms with Crippen LogP contribution in [0, 0.1) is 6.92 Å². The number of aryl methyl sites for hydroxylation is 1. The molecule has 1 amide bonds. The number of carbonyl (C=O) groups excluding carboxylic acids is 1. The van der Waals surface area contributed by atoms with Gasteiger partial charge in [-0.2, -0.15) is 0 Å². The lowest BCUT2D eigenvalue weighted by Crippen LogP contribution is -2.50. The average Bonchev–Trinajstić information content (AvgIpc) is 3.05. The Kier molecular flexibility index (Phi) is 3.79. The van der Waals surface area contributed by atoms with Gasteiger partial charge in [-0.15, -0.1) is 0 Å². The van der Waals surface area contributed by atoms with Crippen LogP contribution in [0.3, 0.4) is 0 Å². The lowest BCUT2D eigenvalue weighted by atomic mass is 9.82. The minimum Gasteiger partial charge on any atom is -0.496 e. The van der Waals surface area contributed by atoms with Gasteiger partial charge in [0.05, 0.1) is 12.6 Å². The van der Waals surface area contributed by atoms with Crippen molar-refractivity contribution in [2.75, 3.05) is 13.7 Å². The molecule has 0 unspecified atom stereocenters. The van der Waals surface area contributed by atoms with Crippen LogP contribution in [0.25, 0.3) is 10.9 Å². The fourth-order valence-corrected chi connectivity index (χ4v) is 4.10. The third-order valence-corrected chi connectivity index (χ3v) is 5.52. The van der Waals surface area contributed by atoms with E-state index in [9.17, 15) is 4.79 Å². The lowest BCUT2D eigenvalue weighted by molar-refractivity contribution is 0.0508. The van der Waals surface area contributed by atoms with Crippen molar-refractivity contribution in [3.63, 3.8) is 0 Å². The predicted octanol–water partition coefficient (Wildman–Crippen LogP) is 4.42. The van der Waals surface area contributed by atoms with Crippen LogP contribution in [0.2, 0.25) is 0 Å². The normalized spacial score (nSPS) is 15.8. The average molecular weight is 348 g/mol. The first-order valence-corrected chi connectivity index (χ1v) is 8.99. The molecular weight excluding hydrogens is 324 g/mol. The topological polar surface area (TPSA) is 45.3 Å². The van der Waals surface area contributed by atoms with Crippen molar-refractivity contribution < 1.29 is 9.53 Å². The molecule has 0 atom stereocenters. The van der Waals surface area contributed by atoms with Crippen molar-refractivity contribution in [3.8, 4) is 5.75 Å². The number of aromatic nitrogens is 1. The van der Waals surface area contributed by atoms with Crippen molar-refractivity contribution in [1.82, 2.24) is 9.88 Å². The van der Waals surface area contributed by atoms with Gasteiger partial charge in [0.1, 0.15) is 11.4 Å². The number of hydrogen-bond acceptors (Lipinski definition) is 2. The fourth-order valence-electron chi connectivity index (χ4n) is 4.10. The highest BCUT2D eigenvalue weighted by Gasteiger charge is 2.38. The number of benzene rings is 2. The molecule has 0 spiro atoms. The van der Waals surface area contributed by atoms with Crippen LogP contribution in [0.5, 0.6) is 5.75 Å². The summed E-state index contributed by atoms with van der Waals surface area (Å²) in [6.45, 7) is 7.08. The Bertz CT molecular complexity index is 1000. The summed E-state index contributed by atoms with van der Waals surface area (Å²) in [6, 6.07) is 14.2.